The van der Waals surface area contributed by atoms with Gasteiger partial charge in [0.25, 0.3) is 9.84 Å². The van der Waals surface area contributed by atoms with E-state index in [0.717, 1.165) is 12.1 Å². The maximum Gasteiger partial charge on any atom is 0.499 e. The van der Waals surface area contributed by atoms with E-state index in [9.17, 15) is 52.0 Å². The minimum absolute atomic E-state index is 0.618. The van der Waals surface area contributed by atoms with Gasteiger partial charge in [0.1, 0.15) is 5.25 Å². The Labute approximate surface area is 154 Å². The third-order valence-electron chi connectivity index (χ3n) is 4.20. The van der Waals surface area contributed by atoms with Crippen LogP contribution >= 0.6 is 0 Å². The maximum absolute atomic E-state index is 14.1. The van der Waals surface area contributed by atoms with Crippen LogP contribution in [0, 0.1) is 0 Å². The molecule has 0 amide bonds. The van der Waals surface area contributed by atoms with Crippen molar-refractivity contribution in [2.45, 2.75) is 46.2 Å². The van der Waals surface area contributed by atoms with Crippen molar-refractivity contribution in [3.63, 3.8) is 0 Å². The molecule has 5 atom stereocenters. The Kier molecular flexibility index (Phi) is 6.06. The van der Waals surface area contributed by atoms with Crippen molar-refractivity contribution in [2.24, 2.45) is 0 Å². The van der Waals surface area contributed by atoms with Crippen LogP contribution in [0.25, 0.3) is 0 Å². The summed E-state index contributed by atoms with van der Waals surface area (Å²) in [6, 6.07) is 4.29. The van der Waals surface area contributed by atoms with Gasteiger partial charge >= 0.3 is 5.51 Å². The average molecular weight is 460 g/mol. The summed E-state index contributed by atoms with van der Waals surface area (Å²) in [4.78, 5) is 0. The number of hydrogen-bond acceptors (Lipinski definition) is 4. The fraction of sp³-hybridized carbons (Fsp3) is 0.571. The topological polar surface area (TPSA) is 68.3 Å². The van der Waals surface area contributed by atoms with Crippen molar-refractivity contribution in [1.82, 2.24) is 0 Å². The summed E-state index contributed by atoms with van der Waals surface area (Å²) in [5.74, 6) is 0. The quantitative estimate of drug-likeness (QED) is 0.648. The van der Waals surface area contributed by atoms with Gasteiger partial charge in [-0.15, -0.1) is 0 Å². The van der Waals surface area contributed by atoms with Crippen molar-refractivity contribution in [3.8, 4) is 0 Å². The fourth-order valence-electron chi connectivity index (χ4n) is 2.85. The Morgan fingerprint density at radius 1 is 0.714 bits per heavy atom. The van der Waals surface area contributed by atoms with Gasteiger partial charge < -0.3 is 0 Å². The molecule has 5 unspecified atom stereocenters. The lowest BCUT2D eigenvalue weighted by molar-refractivity contribution is -0.0484. The van der Waals surface area contributed by atoms with E-state index in [1.807, 2.05) is 0 Å². The predicted molar refractivity (Wildman–Crippen MR) is 81.3 cm³/mol. The van der Waals surface area contributed by atoms with E-state index < -0.39 is 71.4 Å². The van der Waals surface area contributed by atoms with E-state index in [-0.39, 0.29) is 0 Å². The summed E-state index contributed by atoms with van der Waals surface area (Å²) in [6.45, 7) is 0. The van der Waals surface area contributed by atoms with Crippen molar-refractivity contribution >= 4 is 19.7 Å². The highest BCUT2D eigenvalue weighted by atomic mass is 32.3. The highest BCUT2D eigenvalue weighted by molar-refractivity contribution is 8.09. The summed E-state index contributed by atoms with van der Waals surface area (Å²) < 4.78 is 153. The van der Waals surface area contributed by atoms with Gasteiger partial charge in [0, 0.05) is 0 Å². The van der Waals surface area contributed by atoms with Crippen molar-refractivity contribution < 1.29 is 52.0 Å². The van der Waals surface area contributed by atoms with Crippen molar-refractivity contribution in [1.29, 1.82) is 0 Å². The van der Waals surface area contributed by atoms with Gasteiger partial charge in [0.05, 0.1) is 0 Å². The van der Waals surface area contributed by atoms with Crippen LogP contribution in [0.1, 0.15) is 10.1 Å². The Morgan fingerprint density at radius 2 is 1.11 bits per heavy atom. The van der Waals surface area contributed by atoms with E-state index in [1.165, 1.54) is 6.07 Å². The highest BCUT2D eigenvalue weighted by Gasteiger charge is 2.64. The fourth-order valence-corrected chi connectivity index (χ4v) is 7.58. The molecule has 28 heavy (non-hydrogen) atoms. The molecule has 1 aromatic rings. The lowest BCUT2D eigenvalue weighted by Gasteiger charge is -2.37. The zero-order chi connectivity index (χ0) is 21.7. The molecule has 2 rings (SSSR count). The number of hydrogen-bond donors (Lipinski definition) is 0. The molecule has 0 aromatic heterocycles. The summed E-state index contributed by atoms with van der Waals surface area (Å²) in [5.41, 5.74) is -7.23. The molecular formula is C14H12F8O4S2. The molecule has 1 aliphatic rings. The first-order valence-corrected chi connectivity index (χ1v) is 10.6. The standard InChI is InChI=1S/C14H12F8O4S2/c15-7-8(16)10(18)12(11(19)9(7)17)27(23,24)13(6-4-2-1-3-5-6)28(25,26)14(20,21)22/h1-5,7-13H. The molecule has 0 N–H and O–H groups in total. The van der Waals surface area contributed by atoms with Crippen LogP contribution in [0.4, 0.5) is 35.1 Å². The zero-order valence-electron chi connectivity index (χ0n) is 13.4. The predicted octanol–water partition coefficient (Wildman–Crippen LogP) is 3.11. The molecule has 0 heterocycles. The summed E-state index contributed by atoms with van der Waals surface area (Å²) in [6.07, 6.45) is -17.7. The van der Waals surface area contributed by atoms with Crippen LogP contribution in [0.2, 0.25) is 0 Å². The third kappa shape index (κ3) is 3.60. The molecule has 0 aliphatic heterocycles. The first-order valence-electron chi connectivity index (χ1n) is 7.44. The van der Waals surface area contributed by atoms with Gasteiger partial charge in [-0.3, -0.25) is 0 Å². The summed E-state index contributed by atoms with van der Waals surface area (Å²) in [7, 11) is -12.8. The van der Waals surface area contributed by atoms with Crippen LogP contribution in [0.5, 0.6) is 0 Å². The molecule has 14 heteroatoms. The van der Waals surface area contributed by atoms with Gasteiger partial charge in [-0.25, -0.2) is 38.8 Å². The first kappa shape index (κ1) is 22.8. The Hall–Kier alpha value is -1.44. The highest BCUT2D eigenvalue weighted by Crippen LogP contribution is 2.45. The largest absolute Gasteiger partial charge is 0.499 e. The van der Waals surface area contributed by atoms with E-state index in [2.05, 4.69) is 0 Å². The third-order valence-corrected chi connectivity index (χ3v) is 9.39. The molecular weight excluding hydrogens is 448 g/mol. The maximum atomic E-state index is 14.1. The van der Waals surface area contributed by atoms with Crippen molar-refractivity contribution in [2.75, 3.05) is 0 Å². The minimum atomic E-state index is -6.65. The van der Waals surface area contributed by atoms with Gasteiger partial charge in [0.15, 0.2) is 45.3 Å². The normalized spacial score (nSPS) is 33.4. The number of alkyl halides is 8. The Bertz CT molecular complexity index is 887. The molecule has 0 saturated heterocycles. The van der Waals surface area contributed by atoms with Crippen LogP contribution < -0.4 is 0 Å². The Balaban J connectivity index is 2.72. The van der Waals surface area contributed by atoms with Gasteiger partial charge in [-0.2, -0.15) is 13.2 Å². The molecule has 1 aromatic carbocycles. The molecule has 4 nitrogen and oxygen atoms in total. The smallest absolute Gasteiger partial charge is 0.243 e. The molecule has 1 saturated carbocycles. The second-order valence-electron chi connectivity index (χ2n) is 6.01. The SMILES string of the molecule is O=S(=O)(C1C(F)C(F)C(F)C(F)C1F)C(c1ccccc1)S(=O)(=O)C(F)(F)F. The molecule has 1 fully saturated rings. The summed E-state index contributed by atoms with van der Waals surface area (Å²) in [5, 5.41) is -3.51. The Morgan fingerprint density at radius 3 is 1.50 bits per heavy atom. The number of sulfone groups is 2. The second kappa shape index (κ2) is 7.43. The zero-order valence-corrected chi connectivity index (χ0v) is 15.0. The second-order valence-corrected chi connectivity index (χ2v) is 10.5. The number of rotatable bonds is 4. The molecule has 0 spiro atoms. The van der Waals surface area contributed by atoms with Crippen LogP contribution in [-0.2, 0) is 19.7 Å². The number of halogens is 8. The van der Waals surface area contributed by atoms with E-state index in [1.54, 1.807) is 0 Å². The molecule has 160 valence electrons. The molecule has 0 radical (unpaired) electrons. The first-order chi connectivity index (χ1) is 12.7. The monoisotopic (exact) mass is 460 g/mol. The molecule has 1 aliphatic carbocycles. The average Bonchev–Trinajstić information content (AvgIpc) is 2.57. The van der Waals surface area contributed by atoms with Crippen molar-refractivity contribution in [3.05, 3.63) is 35.9 Å². The van der Waals surface area contributed by atoms with Gasteiger partial charge in [0.2, 0.25) is 0 Å². The molecule has 0 bridgehead atoms. The van der Waals surface area contributed by atoms with Crippen LogP contribution in [0.15, 0.2) is 30.3 Å². The lowest BCUT2D eigenvalue weighted by atomic mass is 9.91. The minimum Gasteiger partial charge on any atom is -0.243 e. The van der Waals surface area contributed by atoms with E-state index in [4.69, 9.17) is 0 Å². The number of benzene rings is 1. The lowest BCUT2D eigenvalue weighted by Crippen LogP contribution is -2.60. The van der Waals surface area contributed by atoms with Gasteiger partial charge in [-0.05, 0) is 5.56 Å². The van der Waals surface area contributed by atoms with Crippen LogP contribution in [0.3, 0.4) is 0 Å². The van der Waals surface area contributed by atoms with Gasteiger partial charge in [-0.1, -0.05) is 30.3 Å². The summed E-state index contributed by atoms with van der Waals surface area (Å²) >= 11 is 0. The van der Waals surface area contributed by atoms with Crippen LogP contribution in [-0.4, -0.2) is 58.5 Å². The van der Waals surface area contributed by atoms with E-state index >= 15 is 0 Å². The van der Waals surface area contributed by atoms with E-state index in [0.29, 0.717) is 12.1 Å².